The van der Waals surface area contributed by atoms with Crippen LogP contribution in [0.1, 0.15) is 10.4 Å². The van der Waals surface area contributed by atoms with Crippen molar-refractivity contribution in [2.24, 2.45) is 0 Å². The molecule has 4 nitrogen and oxygen atoms in total. The number of ether oxygens (including phenoxy) is 1. The van der Waals surface area contributed by atoms with Gasteiger partial charge in [-0.15, -0.1) is 11.3 Å². The van der Waals surface area contributed by atoms with E-state index in [4.69, 9.17) is 16.3 Å². The molecule has 0 aliphatic carbocycles. The van der Waals surface area contributed by atoms with Crippen LogP contribution in [-0.2, 0) is 0 Å². The lowest BCUT2D eigenvalue weighted by molar-refractivity contribution is 0.102. The highest BCUT2D eigenvalue weighted by molar-refractivity contribution is 7.17. The number of amides is 1. The van der Waals surface area contributed by atoms with Crippen LogP contribution in [0.4, 0.5) is 5.69 Å². The Morgan fingerprint density at radius 3 is 2.68 bits per heavy atom. The van der Waals surface area contributed by atoms with E-state index < -0.39 is 0 Å². The fourth-order valence-corrected chi connectivity index (χ4v) is 3.82. The molecule has 0 saturated heterocycles. The molecular weight excluding hydrogens is 356 g/mol. The highest BCUT2D eigenvalue weighted by Crippen LogP contribution is 2.33. The smallest absolute Gasteiger partial charge is 0.259 e. The third-order valence-corrected chi connectivity index (χ3v) is 5.16. The Kier molecular flexibility index (Phi) is 4.03. The lowest BCUT2D eigenvalue weighted by Gasteiger charge is -2.11. The van der Waals surface area contributed by atoms with E-state index in [0.717, 1.165) is 15.5 Å². The summed E-state index contributed by atoms with van der Waals surface area (Å²) in [4.78, 5) is 17.1. The maximum atomic E-state index is 12.8. The van der Waals surface area contributed by atoms with Gasteiger partial charge in [0, 0.05) is 0 Å². The van der Waals surface area contributed by atoms with Crippen molar-refractivity contribution in [3.8, 4) is 5.75 Å². The lowest BCUT2D eigenvalue weighted by Crippen LogP contribution is -2.13. The molecule has 6 heteroatoms. The van der Waals surface area contributed by atoms with E-state index in [-0.39, 0.29) is 5.91 Å². The highest BCUT2D eigenvalue weighted by atomic mass is 35.5. The molecule has 0 saturated carbocycles. The second-order valence-electron chi connectivity index (χ2n) is 5.48. The molecule has 124 valence electrons. The Balaban J connectivity index is 1.76. The van der Waals surface area contributed by atoms with Crippen molar-refractivity contribution in [2.45, 2.75) is 0 Å². The molecule has 3 aromatic carbocycles. The molecule has 0 fully saturated rings. The van der Waals surface area contributed by atoms with Gasteiger partial charge in [-0.3, -0.25) is 4.79 Å². The first-order valence-corrected chi connectivity index (χ1v) is 8.83. The van der Waals surface area contributed by atoms with E-state index in [2.05, 4.69) is 10.3 Å². The third kappa shape index (κ3) is 2.81. The summed E-state index contributed by atoms with van der Waals surface area (Å²) in [5, 5.41) is 5.51. The molecule has 0 atom stereocenters. The van der Waals surface area contributed by atoms with E-state index >= 15 is 0 Å². The van der Waals surface area contributed by atoms with Crippen LogP contribution in [0, 0.1) is 0 Å². The van der Waals surface area contributed by atoms with Gasteiger partial charge < -0.3 is 10.1 Å². The van der Waals surface area contributed by atoms with Gasteiger partial charge in [0.25, 0.3) is 5.91 Å². The fraction of sp³-hybridized carbons (Fsp3) is 0.0526. The van der Waals surface area contributed by atoms with Gasteiger partial charge in [-0.1, -0.05) is 35.9 Å². The largest absolute Gasteiger partial charge is 0.496 e. The second-order valence-corrected chi connectivity index (χ2v) is 6.74. The number of hydrogen-bond acceptors (Lipinski definition) is 4. The summed E-state index contributed by atoms with van der Waals surface area (Å²) in [5.41, 5.74) is 3.56. The van der Waals surface area contributed by atoms with Crippen molar-refractivity contribution >= 4 is 55.5 Å². The standard InChI is InChI=1S/C19H13ClN2O2S/c1-24-16-9-12-5-3-2-4-11(12)8-13(16)19(23)22-15-7-6-14(20)17-18(15)25-10-21-17/h2-10H,1H3,(H,22,23). The van der Waals surface area contributed by atoms with Gasteiger partial charge in [-0.2, -0.15) is 0 Å². The third-order valence-electron chi connectivity index (χ3n) is 4.00. The SMILES string of the molecule is COc1cc2ccccc2cc1C(=O)Nc1ccc(Cl)c2ncsc12. The van der Waals surface area contributed by atoms with Crippen molar-refractivity contribution in [3.63, 3.8) is 0 Å². The molecule has 1 N–H and O–H groups in total. The van der Waals surface area contributed by atoms with Crippen LogP contribution in [0.25, 0.3) is 21.0 Å². The molecule has 0 aliphatic rings. The number of nitrogens with zero attached hydrogens (tertiary/aromatic N) is 1. The molecule has 0 bridgehead atoms. The number of carbonyl (C=O) groups is 1. The van der Waals surface area contributed by atoms with Crippen LogP contribution in [0.15, 0.2) is 54.0 Å². The van der Waals surface area contributed by atoms with Crippen LogP contribution in [-0.4, -0.2) is 18.0 Å². The molecule has 4 rings (SSSR count). The first kappa shape index (κ1) is 15.9. The monoisotopic (exact) mass is 368 g/mol. The number of fused-ring (bicyclic) bond motifs is 2. The summed E-state index contributed by atoms with van der Waals surface area (Å²) in [6.07, 6.45) is 0. The van der Waals surface area contributed by atoms with Crippen LogP contribution in [0.5, 0.6) is 5.75 Å². The van der Waals surface area contributed by atoms with Gasteiger partial charge in [0.15, 0.2) is 0 Å². The minimum atomic E-state index is -0.236. The Morgan fingerprint density at radius 2 is 1.92 bits per heavy atom. The number of methoxy groups -OCH3 is 1. The maximum absolute atomic E-state index is 12.8. The average molecular weight is 369 g/mol. The highest BCUT2D eigenvalue weighted by Gasteiger charge is 2.16. The summed E-state index contributed by atoms with van der Waals surface area (Å²) in [6, 6.07) is 15.1. The number of aromatic nitrogens is 1. The topological polar surface area (TPSA) is 51.2 Å². The molecule has 1 amide bonds. The molecule has 0 unspecified atom stereocenters. The zero-order valence-electron chi connectivity index (χ0n) is 13.2. The maximum Gasteiger partial charge on any atom is 0.259 e. The fourth-order valence-electron chi connectivity index (χ4n) is 2.77. The van der Waals surface area contributed by atoms with Gasteiger partial charge in [-0.05, 0) is 35.0 Å². The zero-order valence-corrected chi connectivity index (χ0v) is 14.8. The average Bonchev–Trinajstić information content (AvgIpc) is 3.13. The number of benzene rings is 3. The summed E-state index contributed by atoms with van der Waals surface area (Å²) in [7, 11) is 1.56. The Labute approximate surface area is 153 Å². The molecule has 1 heterocycles. The molecular formula is C19H13ClN2O2S. The van der Waals surface area contributed by atoms with Gasteiger partial charge in [0.2, 0.25) is 0 Å². The van der Waals surface area contributed by atoms with Gasteiger partial charge >= 0.3 is 0 Å². The quantitative estimate of drug-likeness (QED) is 0.529. The molecule has 0 spiro atoms. The number of carbonyl (C=O) groups excluding carboxylic acids is 1. The summed E-state index contributed by atoms with van der Waals surface area (Å²) >= 11 is 7.58. The van der Waals surface area contributed by atoms with Crippen LogP contribution >= 0.6 is 22.9 Å². The van der Waals surface area contributed by atoms with Crippen molar-refractivity contribution in [3.05, 3.63) is 64.6 Å². The van der Waals surface area contributed by atoms with Crippen molar-refractivity contribution in [1.82, 2.24) is 4.98 Å². The first-order valence-electron chi connectivity index (χ1n) is 7.57. The van der Waals surface area contributed by atoms with Gasteiger partial charge in [-0.25, -0.2) is 4.98 Å². The number of nitrogens with one attached hydrogen (secondary N) is 1. The normalized spacial score (nSPS) is 11.0. The van der Waals surface area contributed by atoms with E-state index in [1.807, 2.05) is 36.4 Å². The van der Waals surface area contributed by atoms with Crippen molar-refractivity contribution in [1.29, 1.82) is 0 Å². The Hall–Kier alpha value is -2.63. The van der Waals surface area contributed by atoms with Crippen LogP contribution in [0.3, 0.4) is 0 Å². The molecule has 4 aromatic rings. The minimum Gasteiger partial charge on any atom is -0.496 e. The summed E-state index contributed by atoms with van der Waals surface area (Å²) in [6.45, 7) is 0. The number of thiazole rings is 1. The van der Waals surface area contributed by atoms with E-state index in [0.29, 0.717) is 27.5 Å². The lowest BCUT2D eigenvalue weighted by atomic mass is 10.1. The van der Waals surface area contributed by atoms with E-state index in [1.54, 1.807) is 24.8 Å². The van der Waals surface area contributed by atoms with Crippen molar-refractivity contribution in [2.75, 3.05) is 12.4 Å². The predicted molar refractivity (Wildman–Crippen MR) is 103 cm³/mol. The Bertz CT molecular complexity index is 1110. The van der Waals surface area contributed by atoms with Crippen LogP contribution < -0.4 is 10.1 Å². The molecule has 0 aliphatic heterocycles. The number of anilines is 1. The molecule has 1 aromatic heterocycles. The number of halogens is 1. The first-order chi connectivity index (χ1) is 12.2. The number of rotatable bonds is 3. The number of hydrogen-bond donors (Lipinski definition) is 1. The predicted octanol–water partition coefficient (Wildman–Crippen LogP) is 5.36. The molecule has 0 radical (unpaired) electrons. The zero-order chi connectivity index (χ0) is 17.4. The summed E-state index contributed by atoms with van der Waals surface area (Å²) < 4.78 is 6.26. The van der Waals surface area contributed by atoms with Gasteiger partial charge in [0.05, 0.1) is 33.6 Å². The minimum absolute atomic E-state index is 0.236. The Morgan fingerprint density at radius 1 is 1.16 bits per heavy atom. The van der Waals surface area contributed by atoms with E-state index in [1.165, 1.54) is 11.3 Å². The summed E-state index contributed by atoms with van der Waals surface area (Å²) in [5.74, 6) is 0.297. The van der Waals surface area contributed by atoms with E-state index in [9.17, 15) is 4.79 Å². The van der Waals surface area contributed by atoms with Crippen molar-refractivity contribution < 1.29 is 9.53 Å². The molecule has 25 heavy (non-hydrogen) atoms. The second kappa shape index (κ2) is 6.35. The van der Waals surface area contributed by atoms with Gasteiger partial charge in [0.1, 0.15) is 11.3 Å². The van der Waals surface area contributed by atoms with Crippen LogP contribution in [0.2, 0.25) is 5.02 Å².